The van der Waals surface area contributed by atoms with Crippen LogP contribution in [0.15, 0.2) is 24.3 Å². The summed E-state index contributed by atoms with van der Waals surface area (Å²) in [5.74, 6) is 5.73. The summed E-state index contributed by atoms with van der Waals surface area (Å²) in [6.07, 6.45) is 0.201. The normalized spacial score (nSPS) is 25.0. The Morgan fingerprint density at radius 2 is 1.10 bits per heavy atom. The standard InChI is InChI=1S/2C20H17F2N3O4S/c2*1-19(22)9-29-13-8-12(21)10(3-4-20(28)5-6-25(2)18(20)27)7-11(13)14-15(19)30-17(24-14)16(23)26/h2*7-8,28H,5-6,9H2,1-2H3,(H2,23,26)/t19-,20+;19-,20-/m10/s1. The van der Waals surface area contributed by atoms with Gasteiger partial charge in [0, 0.05) is 63.3 Å². The Labute approximate surface area is 347 Å². The minimum Gasteiger partial charge on any atom is -0.489 e. The number of nitrogens with two attached hydrogens (primary N) is 2. The molecule has 60 heavy (non-hydrogen) atoms. The monoisotopic (exact) mass is 866 g/mol. The molecule has 6 N–H and O–H groups in total. The van der Waals surface area contributed by atoms with Gasteiger partial charge < -0.3 is 41.0 Å². The number of primary amides is 2. The number of aliphatic hydroxyl groups is 2. The highest BCUT2D eigenvalue weighted by atomic mass is 32.1. The Morgan fingerprint density at radius 3 is 1.42 bits per heavy atom. The average molecular weight is 867 g/mol. The molecule has 4 amide bonds. The molecule has 4 atom stereocenters. The molecule has 312 valence electrons. The lowest BCUT2D eigenvalue weighted by molar-refractivity contribution is -0.138. The first kappa shape index (κ1) is 42.1. The Balaban J connectivity index is 0.000000181. The topological polar surface area (TPSA) is 212 Å². The Kier molecular flexibility index (Phi) is 10.4. The maximum atomic E-state index is 15.1. The van der Waals surface area contributed by atoms with Gasteiger partial charge in [-0.1, -0.05) is 23.7 Å². The summed E-state index contributed by atoms with van der Waals surface area (Å²) < 4.78 is 70.5. The van der Waals surface area contributed by atoms with Crippen molar-refractivity contribution < 1.29 is 56.4 Å². The number of hydrogen-bond donors (Lipinski definition) is 4. The zero-order chi connectivity index (χ0) is 43.7. The van der Waals surface area contributed by atoms with Gasteiger partial charge in [-0.25, -0.2) is 27.5 Å². The fraction of sp³-hybridized carbons (Fsp3) is 0.350. The van der Waals surface area contributed by atoms with E-state index in [4.69, 9.17) is 20.9 Å². The van der Waals surface area contributed by atoms with Gasteiger partial charge in [0.1, 0.15) is 36.3 Å². The molecule has 6 heterocycles. The third-order valence-electron chi connectivity index (χ3n) is 10.1. The lowest BCUT2D eigenvalue weighted by Gasteiger charge is -2.16. The number of alkyl halides is 2. The zero-order valence-electron chi connectivity index (χ0n) is 32.2. The van der Waals surface area contributed by atoms with Crippen molar-refractivity contribution in [2.24, 2.45) is 11.5 Å². The Hall–Kier alpha value is -6.06. The van der Waals surface area contributed by atoms with Gasteiger partial charge in [0.25, 0.3) is 23.6 Å². The van der Waals surface area contributed by atoms with E-state index in [1.54, 1.807) is 0 Å². The fourth-order valence-electron chi connectivity index (χ4n) is 6.67. The van der Waals surface area contributed by atoms with E-state index >= 15 is 8.78 Å². The lowest BCUT2D eigenvalue weighted by atomic mass is 10.00. The van der Waals surface area contributed by atoms with Crippen LogP contribution >= 0.6 is 22.7 Å². The van der Waals surface area contributed by atoms with E-state index in [1.165, 1.54) is 49.9 Å². The van der Waals surface area contributed by atoms with Crippen LogP contribution in [0.25, 0.3) is 22.5 Å². The fourth-order valence-corrected chi connectivity index (χ4v) is 8.58. The number of thiazole rings is 2. The summed E-state index contributed by atoms with van der Waals surface area (Å²) in [5.41, 5.74) is 3.30. The maximum Gasteiger partial charge on any atom is 0.277 e. The highest BCUT2D eigenvalue weighted by molar-refractivity contribution is 7.14. The summed E-state index contributed by atoms with van der Waals surface area (Å²) in [5, 5.41) is 20.7. The molecule has 14 nitrogen and oxygen atoms in total. The molecule has 2 aromatic carbocycles. The predicted octanol–water partition coefficient (Wildman–Crippen LogP) is 3.14. The van der Waals surface area contributed by atoms with Crippen LogP contribution in [0.4, 0.5) is 17.6 Å². The number of likely N-dealkylation sites (tertiary alicyclic amines) is 2. The minimum atomic E-state index is -1.97. The molecule has 2 saturated heterocycles. The molecule has 0 radical (unpaired) electrons. The number of likely N-dealkylation sites (N-methyl/N-ethyl adjacent to an activating group) is 2. The van der Waals surface area contributed by atoms with Gasteiger partial charge >= 0.3 is 0 Å². The molecule has 4 aliphatic heterocycles. The van der Waals surface area contributed by atoms with Crippen LogP contribution in [0.2, 0.25) is 0 Å². The summed E-state index contributed by atoms with van der Waals surface area (Å²) in [4.78, 5) is 58.5. The van der Waals surface area contributed by atoms with Gasteiger partial charge in [0.2, 0.25) is 11.2 Å². The quantitative estimate of drug-likeness (QED) is 0.171. The Morgan fingerprint density at radius 1 is 0.733 bits per heavy atom. The minimum absolute atomic E-state index is 0.0392. The number of amides is 4. The van der Waals surface area contributed by atoms with Gasteiger partial charge in [-0.2, -0.15) is 0 Å². The summed E-state index contributed by atoms with van der Waals surface area (Å²) in [6.45, 7) is 2.40. The van der Waals surface area contributed by atoms with Crippen LogP contribution in [-0.4, -0.2) is 105 Å². The molecule has 4 aliphatic rings. The summed E-state index contributed by atoms with van der Waals surface area (Å²) in [6, 6.07) is 4.69. The van der Waals surface area contributed by atoms with Crippen LogP contribution in [-0.2, 0) is 20.9 Å². The first-order chi connectivity index (χ1) is 28.0. The molecule has 2 fully saturated rings. The number of fused-ring (bicyclic) bond motifs is 6. The van der Waals surface area contributed by atoms with Crippen molar-refractivity contribution in [2.75, 3.05) is 40.4 Å². The maximum absolute atomic E-state index is 15.1. The van der Waals surface area contributed by atoms with Crippen LogP contribution in [0, 0.1) is 35.3 Å². The third kappa shape index (κ3) is 7.51. The number of nitrogens with zero attached hydrogens (tertiary/aromatic N) is 4. The number of aromatic nitrogens is 2. The van der Waals surface area contributed by atoms with Gasteiger partial charge in [-0.3, -0.25) is 19.2 Å². The number of ether oxygens (including phenoxy) is 2. The molecule has 0 saturated carbocycles. The van der Waals surface area contributed by atoms with Crippen LogP contribution in [0.5, 0.6) is 11.5 Å². The van der Waals surface area contributed by atoms with Gasteiger partial charge in [0.05, 0.1) is 32.3 Å². The van der Waals surface area contributed by atoms with Gasteiger partial charge in [-0.05, 0) is 26.0 Å². The van der Waals surface area contributed by atoms with Crippen molar-refractivity contribution in [2.45, 2.75) is 49.2 Å². The van der Waals surface area contributed by atoms with E-state index < -0.39 is 71.0 Å². The van der Waals surface area contributed by atoms with E-state index in [0.29, 0.717) is 13.1 Å². The van der Waals surface area contributed by atoms with E-state index in [-0.39, 0.29) is 77.8 Å². The number of rotatable bonds is 2. The molecule has 0 spiro atoms. The molecular formula is C40H34F4N6O8S2. The first-order valence-electron chi connectivity index (χ1n) is 18.0. The van der Waals surface area contributed by atoms with E-state index in [0.717, 1.165) is 34.8 Å². The smallest absolute Gasteiger partial charge is 0.277 e. The van der Waals surface area contributed by atoms with Crippen molar-refractivity contribution in [3.8, 4) is 57.7 Å². The number of halogens is 4. The highest BCUT2D eigenvalue weighted by Crippen LogP contribution is 2.47. The number of carbonyl (C=O) groups is 4. The molecule has 0 bridgehead atoms. The Bertz CT molecular complexity index is 2480. The van der Waals surface area contributed by atoms with Crippen molar-refractivity contribution in [3.63, 3.8) is 0 Å². The van der Waals surface area contributed by atoms with Crippen LogP contribution in [0.3, 0.4) is 0 Å². The van der Waals surface area contributed by atoms with Crippen LogP contribution < -0.4 is 20.9 Å². The first-order valence-corrected chi connectivity index (χ1v) is 19.6. The number of carbonyl (C=O) groups excluding carboxylic acids is 4. The zero-order valence-corrected chi connectivity index (χ0v) is 33.8. The molecule has 0 aliphatic carbocycles. The second-order valence-electron chi connectivity index (χ2n) is 14.9. The number of hydrogen-bond acceptors (Lipinski definition) is 12. The molecule has 20 heteroatoms. The van der Waals surface area contributed by atoms with Crippen molar-refractivity contribution >= 4 is 46.3 Å². The highest BCUT2D eigenvalue weighted by Gasteiger charge is 2.44. The molecule has 0 unspecified atom stereocenters. The van der Waals surface area contributed by atoms with Crippen molar-refractivity contribution in [1.82, 2.24) is 19.8 Å². The molecule has 2 aromatic heterocycles. The second kappa shape index (κ2) is 14.9. The van der Waals surface area contributed by atoms with Crippen molar-refractivity contribution in [3.05, 3.63) is 66.8 Å². The van der Waals surface area contributed by atoms with E-state index in [1.807, 2.05) is 0 Å². The number of benzene rings is 2. The molecule has 4 aromatic rings. The SMILES string of the molecule is CN1CC[C@@](O)(C#Cc2cc3c(cc2F)OC[C@@](C)(F)c2sc(C(N)=O)nc2-3)C1=O.CN1CC[C@@](O)(C#Cc2cc3c(cc2F)OC[C@](C)(F)c2sc(C(N)=O)nc2-3)C1=O. The average Bonchev–Trinajstić information content (AvgIpc) is 3.94. The summed E-state index contributed by atoms with van der Waals surface area (Å²) >= 11 is 1.62. The van der Waals surface area contributed by atoms with Crippen molar-refractivity contribution in [1.29, 1.82) is 0 Å². The predicted molar refractivity (Wildman–Crippen MR) is 208 cm³/mol. The van der Waals surface area contributed by atoms with E-state index in [9.17, 15) is 38.2 Å². The lowest BCUT2D eigenvalue weighted by Crippen LogP contribution is -2.37. The summed E-state index contributed by atoms with van der Waals surface area (Å²) in [7, 11) is 3.08. The largest absolute Gasteiger partial charge is 0.489 e. The van der Waals surface area contributed by atoms with E-state index in [2.05, 4.69) is 33.6 Å². The second-order valence-corrected chi connectivity index (χ2v) is 16.9. The van der Waals surface area contributed by atoms with Crippen LogP contribution in [0.1, 0.15) is 67.2 Å². The van der Waals surface area contributed by atoms with Gasteiger partial charge in [-0.15, -0.1) is 22.7 Å². The molecular weight excluding hydrogens is 833 g/mol. The molecule has 8 rings (SSSR count). The third-order valence-corrected chi connectivity index (χ3v) is 12.7. The van der Waals surface area contributed by atoms with Gasteiger partial charge in [0.15, 0.2) is 21.4 Å².